The zero-order chi connectivity index (χ0) is 22.8. The summed E-state index contributed by atoms with van der Waals surface area (Å²) in [5, 5.41) is 3.33. The van der Waals surface area contributed by atoms with Crippen LogP contribution in [0.25, 0.3) is 0 Å². The number of sulfonamides is 1. The van der Waals surface area contributed by atoms with Gasteiger partial charge in [-0.25, -0.2) is 8.42 Å². The zero-order valence-corrected chi connectivity index (χ0v) is 21.2. The van der Waals surface area contributed by atoms with E-state index in [9.17, 15) is 13.2 Å². The lowest BCUT2D eigenvalue weighted by Gasteiger charge is -2.24. The van der Waals surface area contributed by atoms with E-state index < -0.39 is 10.0 Å². The molecule has 1 N–H and O–H groups in total. The van der Waals surface area contributed by atoms with E-state index in [4.69, 9.17) is 23.2 Å². The number of benzene rings is 3. The van der Waals surface area contributed by atoms with Crippen molar-refractivity contribution in [2.45, 2.75) is 13.5 Å². The Balaban J connectivity index is 1.81. The number of nitrogens with one attached hydrogen (secondary N) is 1. The minimum absolute atomic E-state index is 0.0526. The molecule has 0 heterocycles. The summed E-state index contributed by atoms with van der Waals surface area (Å²) in [7, 11) is -3.62. The molecule has 9 heteroatoms. The number of carbonyl (C=O) groups excluding carboxylic acids is 1. The van der Waals surface area contributed by atoms with E-state index in [1.165, 1.54) is 4.31 Å². The third kappa shape index (κ3) is 5.91. The standard InChI is InChI=1S/C22H19Cl2IN2O3S/c1-14-12-17(25)10-11-19(14)26-22(28)16-8-6-15(7-9-16)13-27(31(2,29)30)20-5-3-4-18(23)21(20)24/h3-12H,13H2,1-2H3,(H,26,28). The summed E-state index contributed by atoms with van der Waals surface area (Å²) < 4.78 is 27.1. The molecular weight excluding hydrogens is 570 g/mol. The number of amides is 1. The molecule has 5 nitrogen and oxygen atoms in total. The number of halogens is 3. The SMILES string of the molecule is Cc1cc(I)ccc1NC(=O)c1ccc(CN(c2cccc(Cl)c2Cl)S(C)(=O)=O)cc1. The van der Waals surface area contributed by atoms with Crippen molar-refractivity contribution in [3.05, 3.63) is 91.0 Å². The second-order valence-corrected chi connectivity index (χ2v) is 10.9. The van der Waals surface area contributed by atoms with E-state index in [-0.39, 0.29) is 22.5 Å². The highest BCUT2D eigenvalue weighted by Crippen LogP contribution is 2.34. The van der Waals surface area contributed by atoms with E-state index in [0.29, 0.717) is 16.8 Å². The quantitative estimate of drug-likeness (QED) is 0.353. The Hall–Kier alpha value is -1.81. The topological polar surface area (TPSA) is 66.5 Å². The van der Waals surface area contributed by atoms with E-state index in [2.05, 4.69) is 27.9 Å². The summed E-state index contributed by atoms with van der Waals surface area (Å²) in [4.78, 5) is 12.6. The van der Waals surface area contributed by atoms with Gasteiger partial charge in [0.2, 0.25) is 10.0 Å². The van der Waals surface area contributed by atoms with Gasteiger partial charge in [-0.2, -0.15) is 0 Å². The molecule has 0 spiro atoms. The average Bonchev–Trinajstić information content (AvgIpc) is 2.70. The Morgan fingerprint density at radius 2 is 1.74 bits per heavy atom. The molecule has 31 heavy (non-hydrogen) atoms. The highest BCUT2D eigenvalue weighted by Gasteiger charge is 2.21. The first kappa shape index (κ1) is 23.8. The minimum Gasteiger partial charge on any atom is -0.322 e. The predicted octanol–water partition coefficient (Wildman–Crippen LogP) is 6.12. The molecule has 0 unspecified atom stereocenters. The summed E-state index contributed by atoms with van der Waals surface area (Å²) in [6.45, 7) is 1.98. The smallest absolute Gasteiger partial charge is 0.255 e. The molecule has 3 aromatic rings. The maximum Gasteiger partial charge on any atom is 0.255 e. The summed E-state index contributed by atoms with van der Waals surface area (Å²) in [6.07, 6.45) is 1.11. The van der Waals surface area contributed by atoms with Crippen molar-refractivity contribution in [2.24, 2.45) is 0 Å². The lowest BCUT2D eigenvalue weighted by Crippen LogP contribution is -2.29. The van der Waals surface area contributed by atoms with Crippen molar-refractivity contribution in [3.63, 3.8) is 0 Å². The number of rotatable bonds is 6. The fourth-order valence-electron chi connectivity index (χ4n) is 2.96. The van der Waals surface area contributed by atoms with Crippen molar-refractivity contribution >= 4 is 73.1 Å². The van der Waals surface area contributed by atoms with Gasteiger partial charge in [-0.15, -0.1) is 0 Å². The second kappa shape index (κ2) is 9.77. The van der Waals surface area contributed by atoms with Gasteiger partial charge in [0.05, 0.1) is 28.5 Å². The Labute approximate surface area is 205 Å². The average molecular weight is 589 g/mol. The van der Waals surface area contributed by atoms with Crippen molar-refractivity contribution in [1.29, 1.82) is 0 Å². The first-order chi connectivity index (χ1) is 14.6. The van der Waals surface area contributed by atoms with Gasteiger partial charge in [-0.05, 0) is 83.1 Å². The molecule has 3 rings (SSSR count). The lowest BCUT2D eigenvalue weighted by molar-refractivity contribution is 0.102. The molecule has 0 aliphatic carbocycles. The number of hydrogen-bond donors (Lipinski definition) is 1. The molecule has 0 aromatic heterocycles. The Bertz CT molecular complexity index is 1230. The van der Waals surface area contributed by atoms with Crippen molar-refractivity contribution in [3.8, 4) is 0 Å². The highest BCUT2D eigenvalue weighted by molar-refractivity contribution is 14.1. The van der Waals surface area contributed by atoms with Gasteiger partial charge in [-0.3, -0.25) is 9.10 Å². The molecule has 0 aliphatic heterocycles. The molecule has 0 radical (unpaired) electrons. The molecule has 0 aliphatic rings. The van der Waals surface area contributed by atoms with Crippen LogP contribution in [0.2, 0.25) is 10.0 Å². The predicted molar refractivity (Wildman–Crippen MR) is 136 cm³/mol. The van der Waals surface area contributed by atoms with Gasteiger partial charge in [0.1, 0.15) is 0 Å². The van der Waals surface area contributed by atoms with Gasteiger partial charge in [-0.1, -0.05) is 41.4 Å². The first-order valence-electron chi connectivity index (χ1n) is 9.14. The molecular formula is C22H19Cl2IN2O3S. The fraction of sp³-hybridized carbons (Fsp3) is 0.136. The van der Waals surface area contributed by atoms with Gasteiger partial charge >= 0.3 is 0 Å². The third-order valence-corrected chi connectivity index (χ3v) is 7.19. The Morgan fingerprint density at radius 1 is 1.06 bits per heavy atom. The highest BCUT2D eigenvalue weighted by atomic mass is 127. The zero-order valence-electron chi connectivity index (χ0n) is 16.7. The van der Waals surface area contributed by atoms with Crippen LogP contribution >= 0.6 is 45.8 Å². The molecule has 0 bridgehead atoms. The monoisotopic (exact) mass is 588 g/mol. The Morgan fingerprint density at radius 3 is 2.35 bits per heavy atom. The van der Waals surface area contributed by atoms with E-state index in [1.807, 2.05) is 25.1 Å². The summed E-state index contributed by atoms with van der Waals surface area (Å²) in [5.41, 5.74) is 3.18. The van der Waals surface area contributed by atoms with Crippen LogP contribution in [0.1, 0.15) is 21.5 Å². The van der Waals surface area contributed by atoms with Crippen LogP contribution in [-0.2, 0) is 16.6 Å². The molecule has 0 saturated heterocycles. The lowest BCUT2D eigenvalue weighted by atomic mass is 10.1. The summed E-state index contributed by atoms with van der Waals surface area (Å²) in [6, 6.07) is 17.4. The number of carbonyl (C=O) groups is 1. The van der Waals surface area contributed by atoms with Crippen molar-refractivity contribution < 1.29 is 13.2 Å². The van der Waals surface area contributed by atoms with Gasteiger partial charge in [0, 0.05) is 14.8 Å². The van der Waals surface area contributed by atoms with Crippen molar-refractivity contribution in [1.82, 2.24) is 0 Å². The number of hydrogen-bond acceptors (Lipinski definition) is 3. The summed E-state index contributed by atoms with van der Waals surface area (Å²) in [5.74, 6) is -0.242. The number of aryl methyl sites for hydroxylation is 1. The number of nitrogens with zero attached hydrogens (tertiary/aromatic N) is 1. The summed E-state index contributed by atoms with van der Waals surface area (Å²) >= 11 is 14.5. The molecule has 162 valence electrons. The van der Waals surface area contributed by atoms with E-state index in [1.54, 1.807) is 42.5 Å². The van der Waals surface area contributed by atoms with Crippen LogP contribution in [-0.4, -0.2) is 20.6 Å². The van der Waals surface area contributed by atoms with Gasteiger partial charge in [0.25, 0.3) is 5.91 Å². The molecule has 0 atom stereocenters. The molecule has 1 amide bonds. The van der Waals surface area contributed by atoms with E-state index in [0.717, 1.165) is 21.1 Å². The first-order valence-corrected chi connectivity index (χ1v) is 12.8. The van der Waals surface area contributed by atoms with Gasteiger partial charge in [0.15, 0.2) is 0 Å². The second-order valence-electron chi connectivity index (χ2n) is 6.95. The van der Waals surface area contributed by atoms with E-state index >= 15 is 0 Å². The van der Waals surface area contributed by atoms with Gasteiger partial charge < -0.3 is 5.32 Å². The van der Waals surface area contributed by atoms with Crippen LogP contribution in [0.4, 0.5) is 11.4 Å². The number of anilines is 2. The normalized spacial score (nSPS) is 11.3. The van der Waals surface area contributed by atoms with Crippen LogP contribution in [0.15, 0.2) is 60.7 Å². The van der Waals surface area contributed by atoms with Crippen LogP contribution < -0.4 is 9.62 Å². The fourth-order valence-corrected chi connectivity index (χ4v) is 4.94. The van der Waals surface area contributed by atoms with Crippen LogP contribution in [0.5, 0.6) is 0 Å². The maximum atomic E-state index is 12.6. The molecule has 0 fully saturated rings. The molecule has 0 saturated carbocycles. The van der Waals surface area contributed by atoms with Crippen molar-refractivity contribution in [2.75, 3.05) is 15.9 Å². The third-order valence-electron chi connectivity index (χ3n) is 4.58. The minimum atomic E-state index is -3.62. The Kier molecular flexibility index (Phi) is 7.51. The molecule has 3 aromatic carbocycles. The maximum absolute atomic E-state index is 12.6. The largest absolute Gasteiger partial charge is 0.322 e. The van der Waals surface area contributed by atoms with Crippen LogP contribution in [0, 0.1) is 10.5 Å². The van der Waals surface area contributed by atoms with Crippen LogP contribution in [0.3, 0.4) is 0 Å².